The number of nitrogens with two attached hydrogens (primary N) is 1. The van der Waals surface area contributed by atoms with Crippen molar-refractivity contribution in [2.75, 3.05) is 12.4 Å². The molecule has 0 fully saturated rings. The Morgan fingerprint density at radius 1 is 1.38 bits per heavy atom. The molecule has 1 aromatic carbocycles. The third kappa shape index (κ3) is 2.66. The van der Waals surface area contributed by atoms with Gasteiger partial charge in [-0.15, -0.1) is 0 Å². The number of carbonyl (C=O) groups is 1. The fraction of sp³-hybridized carbons (Fsp3) is 0.417. The van der Waals surface area contributed by atoms with Gasteiger partial charge in [0.2, 0.25) is 0 Å². The van der Waals surface area contributed by atoms with E-state index in [0.29, 0.717) is 5.75 Å². The average molecular weight is 222 g/mol. The number of primary amides is 1. The second-order valence-corrected chi connectivity index (χ2v) is 4.60. The number of carbonyl (C=O) groups excluding carboxylic acids is 1. The Kier molecular flexibility index (Phi) is 3.42. The summed E-state index contributed by atoms with van der Waals surface area (Å²) in [4.78, 5) is 10.8. The highest BCUT2D eigenvalue weighted by Crippen LogP contribution is 2.37. The predicted molar refractivity (Wildman–Crippen MR) is 64.9 cm³/mol. The van der Waals surface area contributed by atoms with Gasteiger partial charge in [0.25, 0.3) is 0 Å². The summed E-state index contributed by atoms with van der Waals surface area (Å²) >= 11 is 0. The Bertz CT molecular complexity index is 394. The molecule has 4 heteroatoms. The van der Waals surface area contributed by atoms with Gasteiger partial charge in [-0.25, -0.2) is 4.79 Å². The van der Waals surface area contributed by atoms with Crippen LogP contribution < -0.4 is 15.8 Å². The van der Waals surface area contributed by atoms with E-state index in [1.165, 1.54) is 0 Å². The number of anilines is 1. The van der Waals surface area contributed by atoms with Gasteiger partial charge in [-0.2, -0.15) is 0 Å². The summed E-state index contributed by atoms with van der Waals surface area (Å²) in [6.07, 6.45) is -0.793. The standard InChI is InChI=1S/C12H18N2O2/c1-12(2,3)10-8(14-4)6-5-7-9(10)16-11(13)15/h5-7,14H,1-4H3,(H2,13,15). The van der Waals surface area contributed by atoms with Crippen molar-refractivity contribution in [3.63, 3.8) is 0 Å². The molecule has 0 saturated heterocycles. The number of hydrogen-bond acceptors (Lipinski definition) is 3. The summed E-state index contributed by atoms with van der Waals surface area (Å²) in [5.41, 5.74) is 6.79. The minimum atomic E-state index is -0.793. The normalized spacial score (nSPS) is 11.0. The molecule has 0 atom stereocenters. The summed E-state index contributed by atoms with van der Waals surface area (Å²) in [5.74, 6) is 0.506. The van der Waals surface area contributed by atoms with Crippen LogP contribution in [0.1, 0.15) is 26.3 Å². The van der Waals surface area contributed by atoms with Crippen LogP contribution in [0, 0.1) is 0 Å². The van der Waals surface area contributed by atoms with Crippen LogP contribution in [-0.4, -0.2) is 13.1 Å². The summed E-state index contributed by atoms with van der Waals surface area (Å²) in [7, 11) is 1.83. The molecule has 1 rings (SSSR count). The Morgan fingerprint density at radius 2 is 2.00 bits per heavy atom. The molecule has 88 valence electrons. The van der Waals surface area contributed by atoms with E-state index in [2.05, 4.69) is 26.1 Å². The zero-order valence-electron chi connectivity index (χ0n) is 10.1. The molecule has 0 radical (unpaired) electrons. The van der Waals surface area contributed by atoms with Crippen molar-refractivity contribution in [3.8, 4) is 5.75 Å². The zero-order valence-corrected chi connectivity index (χ0v) is 10.1. The van der Waals surface area contributed by atoms with Gasteiger partial charge >= 0.3 is 6.09 Å². The Hall–Kier alpha value is -1.71. The second kappa shape index (κ2) is 4.43. The summed E-state index contributed by atoms with van der Waals surface area (Å²) in [6, 6.07) is 5.50. The van der Waals surface area contributed by atoms with Crippen LogP contribution in [0.3, 0.4) is 0 Å². The molecule has 3 N–H and O–H groups in total. The zero-order chi connectivity index (χ0) is 12.3. The first-order valence-electron chi connectivity index (χ1n) is 5.15. The average Bonchev–Trinajstić information content (AvgIpc) is 2.14. The first kappa shape index (κ1) is 12.4. The molecule has 4 nitrogen and oxygen atoms in total. The number of ether oxygens (including phenoxy) is 1. The summed E-state index contributed by atoms with van der Waals surface area (Å²) < 4.78 is 5.01. The van der Waals surface area contributed by atoms with Crippen molar-refractivity contribution in [1.29, 1.82) is 0 Å². The van der Waals surface area contributed by atoms with E-state index in [-0.39, 0.29) is 5.41 Å². The highest BCUT2D eigenvalue weighted by Gasteiger charge is 2.23. The third-order valence-corrected chi connectivity index (χ3v) is 2.26. The highest BCUT2D eigenvalue weighted by molar-refractivity contribution is 5.71. The molecular formula is C12H18N2O2. The van der Waals surface area contributed by atoms with Gasteiger partial charge < -0.3 is 15.8 Å². The topological polar surface area (TPSA) is 64.3 Å². The van der Waals surface area contributed by atoms with Crippen molar-refractivity contribution >= 4 is 11.8 Å². The quantitative estimate of drug-likeness (QED) is 0.808. The van der Waals surface area contributed by atoms with E-state index >= 15 is 0 Å². The van der Waals surface area contributed by atoms with Crippen molar-refractivity contribution in [3.05, 3.63) is 23.8 Å². The molecule has 16 heavy (non-hydrogen) atoms. The van der Waals surface area contributed by atoms with Crippen LogP contribution in [0.4, 0.5) is 10.5 Å². The predicted octanol–water partition coefficient (Wildman–Crippen LogP) is 2.48. The Balaban J connectivity index is 3.32. The fourth-order valence-electron chi connectivity index (χ4n) is 1.71. The largest absolute Gasteiger partial charge is 0.410 e. The van der Waals surface area contributed by atoms with Crippen LogP contribution in [0.15, 0.2) is 18.2 Å². The maximum absolute atomic E-state index is 10.8. The highest BCUT2D eigenvalue weighted by atomic mass is 16.5. The van der Waals surface area contributed by atoms with Gasteiger partial charge in [0.05, 0.1) is 0 Å². The van der Waals surface area contributed by atoms with E-state index in [1.54, 1.807) is 6.07 Å². The molecule has 0 aliphatic carbocycles. The van der Waals surface area contributed by atoms with Crippen LogP contribution >= 0.6 is 0 Å². The minimum Gasteiger partial charge on any atom is -0.410 e. The number of amides is 1. The van der Waals surface area contributed by atoms with E-state index in [0.717, 1.165) is 11.3 Å². The Labute approximate surface area is 95.8 Å². The van der Waals surface area contributed by atoms with Crippen LogP contribution in [-0.2, 0) is 5.41 Å². The lowest BCUT2D eigenvalue weighted by Gasteiger charge is -2.25. The summed E-state index contributed by atoms with van der Waals surface area (Å²) in [6.45, 7) is 6.16. The molecule has 0 bridgehead atoms. The molecule has 0 aromatic heterocycles. The van der Waals surface area contributed by atoms with E-state index < -0.39 is 6.09 Å². The molecule has 0 heterocycles. The van der Waals surface area contributed by atoms with E-state index in [9.17, 15) is 4.79 Å². The summed E-state index contributed by atoms with van der Waals surface area (Å²) in [5, 5.41) is 3.08. The van der Waals surface area contributed by atoms with Crippen LogP contribution in [0.5, 0.6) is 5.75 Å². The van der Waals surface area contributed by atoms with Gasteiger partial charge in [-0.05, 0) is 17.5 Å². The number of rotatable bonds is 2. The van der Waals surface area contributed by atoms with Gasteiger partial charge in [0.1, 0.15) is 5.75 Å². The van der Waals surface area contributed by atoms with Crippen molar-refractivity contribution in [2.24, 2.45) is 5.73 Å². The molecule has 1 amide bonds. The molecular weight excluding hydrogens is 204 g/mol. The van der Waals surface area contributed by atoms with Crippen LogP contribution in [0.25, 0.3) is 0 Å². The van der Waals surface area contributed by atoms with Gasteiger partial charge in [-0.3, -0.25) is 0 Å². The number of benzene rings is 1. The van der Waals surface area contributed by atoms with Gasteiger partial charge in [-0.1, -0.05) is 26.8 Å². The lowest BCUT2D eigenvalue weighted by atomic mass is 9.85. The number of nitrogens with one attached hydrogen (secondary N) is 1. The van der Waals surface area contributed by atoms with Crippen molar-refractivity contribution in [2.45, 2.75) is 26.2 Å². The monoisotopic (exact) mass is 222 g/mol. The number of hydrogen-bond donors (Lipinski definition) is 2. The Morgan fingerprint density at radius 3 is 2.44 bits per heavy atom. The molecule has 0 aliphatic heterocycles. The van der Waals surface area contributed by atoms with Crippen LogP contribution in [0.2, 0.25) is 0 Å². The smallest absolute Gasteiger partial charge is 0.409 e. The van der Waals surface area contributed by atoms with Crippen molar-refractivity contribution < 1.29 is 9.53 Å². The SMILES string of the molecule is CNc1cccc(OC(N)=O)c1C(C)(C)C. The second-order valence-electron chi connectivity index (χ2n) is 4.60. The molecule has 0 saturated carbocycles. The lowest BCUT2D eigenvalue weighted by Crippen LogP contribution is -2.21. The molecule has 0 unspecified atom stereocenters. The molecule has 0 aliphatic rings. The minimum absolute atomic E-state index is 0.135. The maximum atomic E-state index is 10.8. The first-order chi connectivity index (χ1) is 7.36. The molecule has 1 aromatic rings. The molecule has 0 spiro atoms. The third-order valence-electron chi connectivity index (χ3n) is 2.26. The fourth-order valence-corrected chi connectivity index (χ4v) is 1.71. The van der Waals surface area contributed by atoms with E-state index in [1.807, 2.05) is 19.2 Å². The maximum Gasteiger partial charge on any atom is 0.409 e. The van der Waals surface area contributed by atoms with Gasteiger partial charge in [0, 0.05) is 18.3 Å². The van der Waals surface area contributed by atoms with Crippen molar-refractivity contribution in [1.82, 2.24) is 0 Å². The first-order valence-corrected chi connectivity index (χ1v) is 5.15. The van der Waals surface area contributed by atoms with E-state index in [4.69, 9.17) is 10.5 Å². The van der Waals surface area contributed by atoms with Gasteiger partial charge in [0.15, 0.2) is 0 Å². The lowest BCUT2D eigenvalue weighted by molar-refractivity contribution is 0.210.